The molecule has 3 nitrogen and oxygen atoms in total. The third-order valence-corrected chi connectivity index (χ3v) is 4.20. The predicted molar refractivity (Wildman–Crippen MR) is 65.9 cm³/mol. The fourth-order valence-corrected chi connectivity index (χ4v) is 3.10. The predicted octanol–water partition coefficient (Wildman–Crippen LogP) is 2.51. The molecule has 3 rings (SSSR count). The van der Waals surface area contributed by atoms with Crippen molar-refractivity contribution >= 4 is 15.9 Å². The Morgan fingerprint density at radius 2 is 1.94 bits per heavy atom. The molecule has 0 atom stereocenters. The molecule has 0 unspecified atom stereocenters. The third kappa shape index (κ3) is 1.66. The highest BCUT2D eigenvalue weighted by atomic mass is 32.2. The van der Waals surface area contributed by atoms with Crippen molar-refractivity contribution in [2.75, 3.05) is 0 Å². The molecule has 2 aromatic rings. The number of hydrogen-bond acceptors (Lipinski definition) is 3. The molecule has 0 radical (unpaired) electrons. The van der Waals surface area contributed by atoms with Crippen molar-refractivity contribution in [2.24, 2.45) is 0 Å². The van der Waals surface area contributed by atoms with Gasteiger partial charge in [-0.2, -0.15) is 0 Å². The molecule has 0 aliphatic carbocycles. The number of rotatable bonds is 1. The van der Waals surface area contributed by atoms with E-state index >= 15 is 0 Å². The van der Waals surface area contributed by atoms with E-state index in [1.807, 2.05) is 24.3 Å². The molecule has 84 valence electrons. The maximum Gasteiger partial charge on any atom is 0.200 e. The average Bonchev–Trinajstić information content (AvgIpc) is 2.66. The number of fused-ring (bicyclic) bond motifs is 1. The Morgan fingerprint density at radius 3 is 2.71 bits per heavy atom. The highest BCUT2D eigenvalue weighted by Crippen LogP contribution is 2.30. The van der Waals surface area contributed by atoms with E-state index in [9.17, 15) is 8.42 Å². The second-order valence-electron chi connectivity index (χ2n) is 3.84. The monoisotopic (exact) mass is 243 g/mol. The minimum Gasteiger partial charge on any atom is -0.264 e. The van der Waals surface area contributed by atoms with Crippen LogP contribution in [-0.4, -0.2) is 13.4 Å². The van der Waals surface area contributed by atoms with Gasteiger partial charge < -0.3 is 0 Å². The molecule has 0 amide bonds. The van der Waals surface area contributed by atoms with E-state index in [4.69, 9.17) is 0 Å². The van der Waals surface area contributed by atoms with E-state index in [2.05, 4.69) is 4.98 Å². The Balaban J connectivity index is 2.19. The first-order valence-electron chi connectivity index (χ1n) is 5.14. The van der Waals surface area contributed by atoms with Gasteiger partial charge in [0.05, 0.1) is 4.90 Å². The van der Waals surface area contributed by atoms with Crippen LogP contribution >= 0.6 is 0 Å². The van der Waals surface area contributed by atoms with Gasteiger partial charge in [0, 0.05) is 23.4 Å². The van der Waals surface area contributed by atoms with Crippen LogP contribution < -0.4 is 0 Å². The molecule has 1 aliphatic rings. The lowest BCUT2D eigenvalue weighted by atomic mass is 10.1. The minimum absolute atomic E-state index is 0.374. The van der Waals surface area contributed by atoms with Gasteiger partial charge in [-0.1, -0.05) is 18.2 Å². The van der Waals surface area contributed by atoms with E-state index in [0.717, 1.165) is 16.7 Å². The standard InChI is InChI=1S/C13H9NO2S/c15-17(16)7-5-10-3-4-11(8-13(10)17)12-2-1-6-14-9-12/h1-9H. The van der Waals surface area contributed by atoms with E-state index in [-0.39, 0.29) is 0 Å². The van der Waals surface area contributed by atoms with Crippen molar-refractivity contribution in [1.29, 1.82) is 0 Å². The van der Waals surface area contributed by atoms with Crippen molar-refractivity contribution < 1.29 is 8.42 Å². The lowest BCUT2D eigenvalue weighted by molar-refractivity contribution is 0.605. The smallest absolute Gasteiger partial charge is 0.200 e. The van der Waals surface area contributed by atoms with Crippen molar-refractivity contribution in [3.8, 4) is 11.1 Å². The molecule has 4 heteroatoms. The summed E-state index contributed by atoms with van der Waals surface area (Å²) in [5.74, 6) is 0. The van der Waals surface area contributed by atoms with Crippen LogP contribution in [0, 0.1) is 0 Å². The van der Waals surface area contributed by atoms with Crippen molar-refractivity contribution in [3.63, 3.8) is 0 Å². The third-order valence-electron chi connectivity index (χ3n) is 2.74. The van der Waals surface area contributed by atoms with Crippen LogP contribution in [0.1, 0.15) is 5.56 Å². The van der Waals surface area contributed by atoms with Crippen LogP contribution in [0.3, 0.4) is 0 Å². The van der Waals surface area contributed by atoms with Crippen LogP contribution in [0.5, 0.6) is 0 Å². The highest BCUT2D eigenvalue weighted by molar-refractivity contribution is 7.94. The molecule has 0 fully saturated rings. The maximum atomic E-state index is 11.7. The maximum absolute atomic E-state index is 11.7. The van der Waals surface area contributed by atoms with Crippen LogP contribution in [-0.2, 0) is 9.84 Å². The summed E-state index contributed by atoms with van der Waals surface area (Å²) in [5, 5.41) is 1.24. The molecular weight excluding hydrogens is 234 g/mol. The first kappa shape index (κ1) is 10.2. The van der Waals surface area contributed by atoms with E-state index in [1.165, 1.54) is 5.41 Å². The largest absolute Gasteiger partial charge is 0.264 e. The first-order chi connectivity index (χ1) is 8.17. The summed E-state index contributed by atoms with van der Waals surface area (Å²) in [7, 11) is -3.24. The van der Waals surface area contributed by atoms with Crippen LogP contribution in [0.2, 0.25) is 0 Å². The van der Waals surface area contributed by atoms with Gasteiger partial charge in [-0.25, -0.2) is 8.42 Å². The summed E-state index contributed by atoms with van der Waals surface area (Å²) < 4.78 is 23.5. The summed E-state index contributed by atoms with van der Waals surface area (Å²) in [6.07, 6.45) is 5.03. The van der Waals surface area contributed by atoms with Gasteiger partial charge >= 0.3 is 0 Å². The van der Waals surface area contributed by atoms with Gasteiger partial charge in [-0.3, -0.25) is 4.98 Å². The zero-order valence-corrected chi connectivity index (χ0v) is 9.68. The van der Waals surface area contributed by atoms with Crippen LogP contribution in [0.4, 0.5) is 0 Å². The van der Waals surface area contributed by atoms with E-state index in [1.54, 1.807) is 24.5 Å². The molecule has 0 bridgehead atoms. The van der Waals surface area contributed by atoms with Crippen molar-refractivity contribution in [3.05, 3.63) is 53.7 Å². The topological polar surface area (TPSA) is 47.0 Å². The Kier molecular flexibility index (Phi) is 2.12. The number of pyridine rings is 1. The molecule has 17 heavy (non-hydrogen) atoms. The van der Waals surface area contributed by atoms with Crippen LogP contribution in [0.25, 0.3) is 17.2 Å². The lowest BCUT2D eigenvalue weighted by Gasteiger charge is -2.04. The van der Waals surface area contributed by atoms with Gasteiger partial charge in [0.15, 0.2) is 9.84 Å². The molecular formula is C13H9NO2S. The van der Waals surface area contributed by atoms with Gasteiger partial charge in [-0.05, 0) is 29.3 Å². The molecule has 1 aromatic heterocycles. The fraction of sp³-hybridized carbons (Fsp3) is 0. The molecule has 0 saturated carbocycles. The van der Waals surface area contributed by atoms with Crippen molar-refractivity contribution in [2.45, 2.75) is 4.90 Å². The second-order valence-corrected chi connectivity index (χ2v) is 5.64. The first-order valence-corrected chi connectivity index (χ1v) is 6.69. The molecule has 0 saturated heterocycles. The summed E-state index contributed by atoms with van der Waals surface area (Å²) in [5.41, 5.74) is 2.53. The molecule has 1 aliphatic heterocycles. The molecule has 1 aromatic carbocycles. The van der Waals surface area contributed by atoms with Gasteiger partial charge in [0.2, 0.25) is 0 Å². The lowest BCUT2D eigenvalue weighted by Crippen LogP contribution is -1.93. The normalized spacial score (nSPS) is 15.8. The Labute approximate surface area is 99.4 Å². The highest BCUT2D eigenvalue weighted by Gasteiger charge is 2.20. The number of nitrogens with zero attached hydrogens (tertiary/aromatic N) is 1. The SMILES string of the molecule is O=S1(=O)C=Cc2ccc(-c3cccnc3)cc21. The average molecular weight is 243 g/mol. The molecule has 0 N–H and O–H groups in total. The Morgan fingerprint density at radius 1 is 1.06 bits per heavy atom. The quantitative estimate of drug-likeness (QED) is 0.773. The minimum atomic E-state index is -3.24. The van der Waals surface area contributed by atoms with E-state index < -0.39 is 9.84 Å². The summed E-state index contributed by atoms with van der Waals surface area (Å²) in [6.45, 7) is 0. The van der Waals surface area contributed by atoms with Crippen LogP contribution in [0.15, 0.2) is 53.0 Å². The van der Waals surface area contributed by atoms with Gasteiger partial charge in [0.1, 0.15) is 0 Å². The molecule has 2 heterocycles. The van der Waals surface area contributed by atoms with Gasteiger partial charge in [-0.15, -0.1) is 0 Å². The summed E-state index contributed by atoms with van der Waals surface area (Å²) in [6, 6.07) is 9.15. The summed E-state index contributed by atoms with van der Waals surface area (Å²) >= 11 is 0. The summed E-state index contributed by atoms with van der Waals surface area (Å²) in [4.78, 5) is 4.40. The van der Waals surface area contributed by atoms with Crippen molar-refractivity contribution in [1.82, 2.24) is 4.98 Å². The second kappa shape index (κ2) is 3.53. The Bertz CT molecular complexity index is 703. The zero-order chi connectivity index (χ0) is 11.9. The van der Waals surface area contributed by atoms with E-state index in [0.29, 0.717) is 4.90 Å². The number of hydrogen-bond donors (Lipinski definition) is 0. The molecule has 0 spiro atoms. The number of sulfone groups is 1. The number of aromatic nitrogens is 1. The fourth-order valence-electron chi connectivity index (χ4n) is 1.87. The zero-order valence-electron chi connectivity index (χ0n) is 8.87. The number of benzene rings is 1. The Hall–Kier alpha value is -1.94. The van der Waals surface area contributed by atoms with Gasteiger partial charge in [0.25, 0.3) is 0 Å².